The average molecular weight is 207 g/mol. The maximum absolute atomic E-state index is 13.1. The Morgan fingerprint density at radius 1 is 1.47 bits per heavy atom. The van der Waals surface area contributed by atoms with Gasteiger partial charge in [0.15, 0.2) is 0 Å². The highest BCUT2D eigenvalue weighted by molar-refractivity contribution is 5.21. The van der Waals surface area contributed by atoms with E-state index in [1.807, 2.05) is 12.1 Å². The molecule has 0 radical (unpaired) electrons. The van der Waals surface area contributed by atoms with Crippen LogP contribution in [-0.2, 0) is 0 Å². The lowest BCUT2D eigenvalue weighted by atomic mass is 9.90. The van der Waals surface area contributed by atoms with Gasteiger partial charge in [-0.15, -0.1) is 0 Å². The van der Waals surface area contributed by atoms with E-state index in [9.17, 15) is 4.39 Å². The summed E-state index contributed by atoms with van der Waals surface area (Å²) >= 11 is 0. The molecule has 2 rings (SSSR count). The van der Waals surface area contributed by atoms with Gasteiger partial charge in [0, 0.05) is 6.54 Å². The summed E-state index contributed by atoms with van der Waals surface area (Å²) in [6.45, 7) is 5.57. The molecular weight excluding hydrogens is 189 g/mol. The van der Waals surface area contributed by atoms with Gasteiger partial charge in [0.25, 0.3) is 0 Å². The van der Waals surface area contributed by atoms with Crippen molar-refractivity contribution in [1.82, 2.24) is 4.90 Å². The Kier molecular flexibility index (Phi) is 3.37. The van der Waals surface area contributed by atoms with Gasteiger partial charge in [-0.1, -0.05) is 19.1 Å². The summed E-state index contributed by atoms with van der Waals surface area (Å²) in [6, 6.07) is 7.07. The highest BCUT2D eigenvalue weighted by atomic mass is 19.1. The third kappa shape index (κ3) is 2.57. The topological polar surface area (TPSA) is 3.24 Å². The van der Waals surface area contributed by atoms with Gasteiger partial charge < -0.3 is 4.90 Å². The lowest BCUT2D eigenvalue weighted by molar-refractivity contribution is 0.218. The van der Waals surface area contributed by atoms with E-state index in [1.54, 1.807) is 6.07 Å². The maximum atomic E-state index is 13.1. The fourth-order valence-electron chi connectivity index (χ4n) is 2.38. The second-order valence-corrected chi connectivity index (χ2v) is 4.29. The van der Waals surface area contributed by atoms with Crippen LogP contribution in [0.3, 0.4) is 0 Å². The molecular formula is C13H18FN. The number of nitrogens with zero attached hydrogens (tertiary/aromatic N) is 1. The first kappa shape index (κ1) is 10.6. The lowest BCUT2D eigenvalue weighted by Gasteiger charge is -2.32. The number of likely N-dealkylation sites (tertiary alicyclic amines) is 1. The Morgan fingerprint density at radius 2 is 2.33 bits per heavy atom. The van der Waals surface area contributed by atoms with Crippen molar-refractivity contribution in [2.45, 2.75) is 25.7 Å². The Hall–Kier alpha value is -0.890. The van der Waals surface area contributed by atoms with Crippen molar-refractivity contribution in [3.8, 4) is 0 Å². The highest BCUT2D eigenvalue weighted by Gasteiger charge is 2.20. The van der Waals surface area contributed by atoms with E-state index in [1.165, 1.54) is 25.5 Å². The molecule has 2 heteroatoms. The van der Waals surface area contributed by atoms with Crippen molar-refractivity contribution in [2.75, 3.05) is 19.6 Å². The minimum absolute atomic E-state index is 0.110. The zero-order valence-corrected chi connectivity index (χ0v) is 9.25. The molecule has 0 amide bonds. The normalized spacial score (nSPS) is 22.9. The molecule has 15 heavy (non-hydrogen) atoms. The van der Waals surface area contributed by atoms with Crippen LogP contribution in [0.1, 0.15) is 31.2 Å². The molecule has 1 aromatic rings. The minimum atomic E-state index is -0.110. The minimum Gasteiger partial charge on any atom is -0.303 e. The van der Waals surface area contributed by atoms with Crippen LogP contribution in [-0.4, -0.2) is 24.5 Å². The summed E-state index contributed by atoms with van der Waals surface area (Å²) in [5.74, 6) is 0.413. The molecule has 1 aliphatic heterocycles. The van der Waals surface area contributed by atoms with Crippen LogP contribution in [0.25, 0.3) is 0 Å². The summed E-state index contributed by atoms with van der Waals surface area (Å²) in [5, 5.41) is 0. The first-order chi connectivity index (χ1) is 7.29. The molecule has 1 fully saturated rings. The Bertz CT molecular complexity index is 324. The van der Waals surface area contributed by atoms with Crippen LogP contribution in [0.5, 0.6) is 0 Å². The summed E-state index contributed by atoms with van der Waals surface area (Å²) in [5.41, 5.74) is 1.16. The molecule has 0 saturated carbocycles. The van der Waals surface area contributed by atoms with Crippen molar-refractivity contribution in [2.24, 2.45) is 0 Å². The molecule has 0 bridgehead atoms. The van der Waals surface area contributed by atoms with Gasteiger partial charge in [0.2, 0.25) is 0 Å². The van der Waals surface area contributed by atoms with E-state index in [4.69, 9.17) is 0 Å². The van der Waals surface area contributed by atoms with Crippen LogP contribution in [0.4, 0.5) is 4.39 Å². The Morgan fingerprint density at radius 3 is 3.07 bits per heavy atom. The smallest absolute Gasteiger partial charge is 0.123 e. The number of hydrogen-bond donors (Lipinski definition) is 0. The van der Waals surface area contributed by atoms with Gasteiger partial charge in [-0.05, 0) is 49.5 Å². The van der Waals surface area contributed by atoms with E-state index < -0.39 is 0 Å². The monoisotopic (exact) mass is 207 g/mol. The number of hydrogen-bond acceptors (Lipinski definition) is 1. The van der Waals surface area contributed by atoms with Crippen molar-refractivity contribution in [3.05, 3.63) is 35.6 Å². The molecule has 1 aliphatic rings. The van der Waals surface area contributed by atoms with Crippen LogP contribution >= 0.6 is 0 Å². The van der Waals surface area contributed by atoms with Crippen molar-refractivity contribution in [1.29, 1.82) is 0 Å². The first-order valence-electron chi connectivity index (χ1n) is 5.77. The second-order valence-electron chi connectivity index (χ2n) is 4.29. The summed E-state index contributed by atoms with van der Waals surface area (Å²) in [4.78, 5) is 2.44. The molecule has 1 nitrogen and oxygen atoms in total. The van der Waals surface area contributed by atoms with Gasteiger partial charge in [-0.3, -0.25) is 0 Å². The molecule has 0 N–H and O–H groups in total. The molecule has 1 aromatic carbocycles. The summed E-state index contributed by atoms with van der Waals surface area (Å²) in [6.07, 6.45) is 2.43. The molecule has 1 saturated heterocycles. The van der Waals surface area contributed by atoms with Crippen molar-refractivity contribution >= 4 is 0 Å². The van der Waals surface area contributed by atoms with E-state index in [0.717, 1.165) is 18.7 Å². The fraction of sp³-hybridized carbons (Fsp3) is 0.538. The average Bonchev–Trinajstić information content (AvgIpc) is 2.29. The predicted octanol–water partition coefficient (Wildman–Crippen LogP) is 3.03. The predicted molar refractivity (Wildman–Crippen MR) is 60.5 cm³/mol. The number of likely N-dealkylation sites (N-methyl/N-ethyl adjacent to an activating group) is 1. The van der Waals surface area contributed by atoms with Crippen LogP contribution < -0.4 is 0 Å². The molecule has 1 unspecified atom stereocenters. The van der Waals surface area contributed by atoms with Crippen LogP contribution in [0.15, 0.2) is 24.3 Å². The number of rotatable bonds is 2. The standard InChI is InChI=1S/C13H18FN/c1-2-15-8-4-6-12(10-15)11-5-3-7-13(14)9-11/h3,5,7,9,12H,2,4,6,8,10H2,1H3. The van der Waals surface area contributed by atoms with Crippen LogP contribution in [0.2, 0.25) is 0 Å². The lowest BCUT2D eigenvalue weighted by Crippen LogP contribution is -2.34. The largest absolute Gasteiger partial charge is 0.303 e. The highest BCUT2D eigenvalue weighted by Crippen LogP contribution is 2.26. The van der Waals surface area contributed by atoms with Gasteiger partial charge in [0.05, 0.1) is 0 Å². The van der Waals surface area contributed by atoms with Crippen molar-refractivity contribution in [3.63, 3.8) is 0 Å². The molecule has 0 aliphatic carbocycles. The maximum Gasteiger partial charge on any atom is 0.123 e. The van der Waals surface area contributed by atoms with E-state index in [2.05, 4.69) is 11.8 Å². The van der Waals surface area contributed by atoms with Crippen LogP contribution in [0, 0.1) is 5.82 Å². The fourth-order valence-corrected chi connectivity index (χ4v) is 2.38. The molecule has 1 atom stereocenters. The SMILES string of the molecule is CCN1CCCC(c2cccc(F)c2)C1. The third-order valence-electron chi connectivity index (χ3n) is 3.27. The molecule has 0 aromatic heterocycles. The first-order valence-corrected chi connectivity index (χ1v) is 5.77. The van der Waals surface area contributed by atoms with Gasteiger partial charge >= 0.3 is 0 Å². The van der Waals surface area contributed by atoms with E-state index in [-0.39, 0.29) is 5.82 Å². The number of piperidine rings is 1. The van der Waals surface area contributed by atoms with E-state index in [0.29, 0.717) is 5.92 Å². The third-order valence-corrected chi connectivity index (χ3v) is 3.27. The van der Waals surface area contributed by atoms with E-state index >= 15 is 0 Å². The summed E-state index contributed by atoms with van der Waals surface area (Å²) < 4.78 is 13.1. The molecule has 0 spiro atoms. The molecule has 1 heterocycles. The second kappa shape index (κ2) is 4.75. The Balaban J connectivity index is 2.09. The Labute approximate surface area is 90.9 Å². The number of halogens is 1. The zero-order valence-electron chi connectivity index (χ0n) is 9.25. The van der Waals surface area contributed by atoms with Gasteiger partial charge in [0.1, 0.15) is 5.82 Å². The quantitative estimate of drug-likeness (QED) is 0.720. The number of benzene rings is 1. The van der Waals surface area contributed by atoms with Crippen molar-refractivity contribution < 1.29 is 4.39 Å². The summed E-state index contributed by atoms with van der Waals surface area (Å²) in [7, 11) is 0. The molecule has 82 valence electrons. The van der Waals surface area contributed by atoms with Gasteiger partial charge in [-0.25, -0.2) is 4.39 Å². The zero-order chi connectivity index (χ0) is 10.7. The van der Waals surface area contributed by atoms with Gasteiger partial charge in [-0.2, -0.15) is 0 Å².